The van der Waals surface area contributed by atoms with Crippen LogP contribution < -0.4 is 0 Å². The van der Waals surface area contributed by atoms with Gasteiger partial charge in [0.15, 0.2) is 0 Å². The molecule has 0 aromatic carbocycles. The Balaban J connectivity index is 2.03. The van der Waals surface area contributed by atoms with E-state index in [0.717, 1.165) is 18.0 Å². The van der Waals surface area contributed by atoms with E-state index < -0.39 is 0 Å². The molecule has 2 heterocycles. The summed E-state index contributed by atoms with van der Waals surface area (Å²) in [6, 6.07) is 1.89. The summed E-state index contributed by atoms with van der Waals surface area (Å²) in [5.74, 6) is 0.873. The Hall–Kier alpha value is -0.0400. The van der Waals surface area contributed by atoms with Crippen molar-refractivity contribution in [2.45, 2.75) is 51.6 Å². The molecule has 0 amide bonds. The van der Waals surface area contributed by atoms with Gasteiger partial charge in [-0.05, 0) is 38.1 Å². The summed E-state index contributed by atoms with van der Waals surface area (Å²) in [6.07, 6.45) is 5.86. The Morgan fingerprint density at radius 2 is 2.00 bits per heavy atom. The molecule has 0 aliphatic carbocycles. The van der Waals surface area contributed by atoms with Crippen LogP contribution in [-0.4, -0.2) is 23.5 Å². The van der Waals surface area contributed by atoms with Crippen LogP contribution >= 0.6 is 0 Å². The van der Waals surface area contributed by atoms with Crippen LogP contribution in [0.25, 0.3) is 0 Å². The lowest BCUT2D eigenvalue weighted by molar-refractivity contribution is 0.201. The van der Waals surface area contributed by atoms with Gasteiger partial charge in [0.25, 0.3) is 0 Å². The summed E-state index contributed by atoms with van der Waals surface area (Å²) in [5, 5.41) is 0. The summed E-state index contributed by atoms with van der Waals surface area (Å²) >= 11 is 0. The average Bonchev–Trinajstić information content (AvgIpc) is 2.41. The fraction of sp³-hybridized carbons (Fsp3) is 1.00. The highest BCUT2D eigenvalue weighted by molar-refractivity contribution is 4.92. The third-order valence-corrected chi connectivity index (χ3v) is 3.41. The van der Waals surface area contributed by atoms with Crippen LogP contribution in [0, 0.1) is 5.92 Å². The molecule has 11 heavy (non-hydrogen) atoms. The van der Waals surface area contributed by atoms with E-state index in [9.17, 15) is 0 Å². The molecule has 64 valence electrons. The Bertz CT molecular complexity index is 142. The highest BCUT2D eigenvalue weighted by atomic mass is 15.2. The van der Waals surface area contributed by atoms with Crippen LogP contribution in [0.1, 0.15) is 39.5 Å². The SMILES string of the molecule is CC(C)C1CC[C@@H]2CCCN12. The van der Waals surface area contributed by atoms with Gasteiger partial charge in [-0.25, -0.2) is 0 Å². The maximum atomic E-state index is 2.75. The number of rotatable bonds is 1. The zero-order valence-electron chi connectivity index (χ0n) is 7.71. The van der Waals surface area contributed by atoms with Gasteiger partial charge in [0.2, 0.25) is 0 Å². The molecular formula is C10H19N. The first-order valence-electron chi connectivity index (χ1n) is 5.05. The van der Waals surface area contributed by atoms with Crippen molar-refractivity contribution in [3.8, 4) is 0 Å². The van der Waals surface area contributed by atoms with Crippen molar-refractivity contribution in [1.29, 1.82) is 0 Å². The van der Waals surface area contributed by atoms with Gasteiger partial charge in [-0.3, -0.25) is 4.90 Å². The van der Waals surface area contributed by atoms with E-state index in [1.165, 1.54) is 32.2 Å². The van der Waals surface area contributed by atoms with Crippen molar-refractivity contribution in [2.75, 3.05) is 6.54 Å². The molecule has 0 saturated carbocycles. The Morgan fingerprint density at radius 3 is 2.73 bits per heavy atom. The largest absolute Gasteiger partial charge is 0.297 e. The van der Waals surface area contributed by atoms with Crippen molar-refractivity contribution in [1.82, 2.24) is 4.90 Å². The molecule has 0 aromatic heterocycles. The molecule has 2 aliphatic rings. The molecule has 0 N–H and O–H groups in total. The standard InChI is InChI=1S/C10H19N/c1-8(2)10-6-5-9-4-3-7-11(9)10/h8-10H,3-7H2,1-2H3/t9-,10?/m0/s1. The molecule has 1 nitrogen and oxygen atoms in total. The lowest BCUT2D eigenvalue weighted by atomic mass is 10.0. The molecule has 2 rings (SSSR count). The highest BCUT2D eigenvalue weighted by Crippen LogP contribution is 2.35. The van der Waals surface area contributed by atoms with E-state index >= 15 is 0 Å². The van der Waals surface area contributed by atoms with Gasteiger partial charge in [0.1, 0.15) is 0 Å². The molecule has 2 atom stereocenters. The number of hydrogen-bond donors (Lipinski definition) is 0. The van der Waals surface area contributed by atoms with Gasteiger partial charge in [0.05, 0.1) is 0 Å². The molecule has 0 aromatic rings. The van der Waals surface area contributed by atoms with Crippen LogP contribution in [0.4, 0.5) is 0 Å². The van der Waals surface area contributed by atoms with Crippen LogP contribution in [0.3, 0.4) is 0 Å². The Kier molecular flexibility index (Phi) is 1.92. The third-order valence-electron chi connectivity index (χ3n) is 3.41. The minimum atomic E-state index is 0.873. The van der Waals surface area contributed by atoms with Gasteiger partial charge in [-0.15, -0.1) is 0 Å². The number of fused-ring (bicyclic) bond motifs is 1. The molecule has 2 aliphatic heterocycles. The van der Waals surface area contributed by atoms with Gasteiger partial charge in [-0.1, -0.05) is 13.8 Å². The summed E-state index contributed by atoms with van der Waals surface area (Å²) in [4.78, 5) is 2.75. The second-order valence-electron chi connectivity index (χ2n) is 4.42. The van der Waals surface area contributed by atoms with E-state index in [1.807, 2.05) is 0 Å². The molecular weight excluding hydrogens is 134 g/mol. The van der Waals surface area contributed by atoms with Crippen LogP contribution in [-0.2, 0) is 0 Å². The smallest absolute Gasteiger partial charge is 0.0122 e. The normalized spacial score (nSPS) is 38.5. The zero-order chi connectivity index (χ0) is 7.84. The van der Waals surface area contributed by atoms with Crippen LogP contribution in [0.5, 0.6) is 0 Å². The lowest BCUT2D eigenvalue weighted by Crippen LogP contribution is -2.34. The van der Waals surface area contributed by atoms with E-state index in [1.54, 1.807) is 0 Å². The fourth-order valence-electron chi connectivity index (χ4n) is 2.85. The predicted molar refractivity (Wildman–Crippen MR) is 47.6 cm³/mol. The Labute approximate surface area is 69.8 Å². The van der Waals surface area contributed by atoms with Gasteiger partial charge < -0.3 is 0 Å². The maximum absolute atomic E-state index is 2.75. The van der Waals surface area contributed by atoms with Crippen LogP contribution in [0.2, 0.25) is 0 Å². The second kappa shape index (κ2) is 2.78. The summed E-state index contributed by atoms with van der Waals surface area (Å²) < 4.78 is 0. The molecule has 2 fully saturated rings. The minimum Gasteiger partial charge on any atom is -0.297 e. The molecule has 1 heteroatoms. The lowest BCUT2D eigenvalue weighted by Gasteiger charge is -2.26. The second-order valence-corrected chi connectivity index (χ2v) is 4.42. The van der Waals surface area contributed by atoms with Crippen molar-refractivity contribution in [3.63, 3.8) is 0 Å². The van der Waals surface area contributed by atoms with E-state index in [0.29, 0.717) is 0 Å². The Morgan fingerprint density at radius 1 is 1.18 bits per heavy atom. The van der Waals surface area contributed by atoms with Gasteiger partial charge in [-0.2, -0.15) is 0 Å². The van der Waals surface area contributed by atoms with Crippen molar-refractivity contribution < 1.29 is 0 Å². The predicted octanol–water partition coefficient (Wildman–Crippen LogP) is 2.27. The first-order valence-corrected chi connectivity index (χ1v) is 5.05. The van der Waals surface area contributed by atoms with E-state index in [4.69, 9.17) is 0 Å². The van der Waals surface area contributed by atoms with Crippen molar-refractivity contribution in [2.24, 2.45) is 5.92 Å². The number of nitrogens with zero attached hydrogens (tertiary/aromatic N) is 1. The first-order chi connectivity index (χ1) is 5.29. The minimum absolute atomic E-state index is 0.873. The molecule has 0 spiro atoms. The van der Waals surface area contributed by atoms with Crippen molar-refractivity contribution >= 4 is 0 Å². The quantitative estimate of drug-likeness (QED) is 0.558. The first kappa shape index (κ1) is 7.60. The van der Waals surface area contributed by atoms with Crippen LogP contribution in [0.15, 0.2) is 0 Å². The fourth-order valence-corrected chi connectivity index (χ4v) is 2.85. The maximum Gasteiger partial charge on any atom is 0.0122 e. The third kappa shape index (κ3) is 1.20. The molecule has 0 radical (unpaired) electrons. The zero-order valence-corrected chi connectivity index (χ0v) is 7.71. The van der Waals surface area contributed by atoms with E-state index in [-0.39, 0.29) is 0 Å². The van der Waals surface area contributed by atoms with Gasteiger partial charge in [0, 0.05) is 12.1 Å². The molecule has 0 bridgehead atoms. The highest BCUT2D eigenvalue weighted by Gasteiger charge is 2.37. The summed E-state index contributed by atoms with van der Waals surface area (Å²) in [5.41, 5.74) is 0. The van der Waals surface area contributed by atoms with Crippen molar-refractivity contribution in [3.05, 3.63) is 0 Å². The number of hydrogen-bond acceptors (Lipinski definition) is 1. The molecule has 1 unspecified atom stereocenters. The topological polar surface area (TPSA) is 3.24 Å². The monoisotopic (exact) mass is 153 g/mol. The summed E-state index contributed by atoms with van der Waals surface area (Å²) in [7, 11) is 0. The summed E-state index contributed by atoms with van der Waals surface area (Å²) in [6.45, 7) is 6.12. The molecule has 2 saturated heterocycles. The van der Waals surface area contributed by atoms with E-state index in [2.05, 4.69) is 18.7 Å². The van der Waals surface area contributed by atoms with Gasteiger partial charge >= 0.3 is 0 Å². The average molecular weight is 153 g/mol.